The molecule has 0 radical (unpaired) electrons. The summed E-state index contributed by atoms with van der Waals surface area (Å²) in [4.78, 5) is 48.4. The first kappa shape index (κ1) is 33.8. The second kappa shape index (κ2) is 15.4. The van der Waals surface area contributed by atoms with Gasteiger partial charge in [-0.25, -0.2) is 0 Å². The average Bonchev–Trinajstić information content (AvgIpc) is 3.47. The van der Waals surface area contributed by atoms with Crippen molar-refractivity contribution in [3.63, 3.8) is 0 Å². The zero-order valence-electron chi connectivity index (χ0n) is 28.1. The summed E-state index contributed by atoms with van der Waals surface area (Å²) in [6.07, 6.45) is 2.94. The number of hydrogen-bond donors (Lipinski definition) is 1. The van der Waals surface area contributed by atoms with Crippen LogP contribution in [-0.4, -0.2) is 53.3 Å². The average molecular weight is 648 g/mol. The number of rotatable bonds is 14. The molecule has 0 saturated heterocycles. The summed E-state index contributed by atoms with van der Waals surface area (Å²) in [5.74, 6) is 0.367. The molecule has 0 aliphatic carbocycles. The molecule has 0 atom stereocenters. The molecule has 2 aromatic heterocycles. The summed E-state index contributed by atoms with van der Waals surface area (Å²) < 4.78 is 14.0. The first-order chi connectivity index (χ1) is 23.2. The van der Waals surface area contributed by atoms with Crippen LogP contribution in [0.15, 0.2) is 79.0 Å². The first-order valence-corrected chi connectivity index (χ1v) is 15.9. The van der Waals surface area contributed by atoms with Gasteiger partial charge in [0.1, 0.15) is 23.7 Å². The molecule has 3 aromatic carbocycles. The predicted molar refractivity (Wildman–Crippen MR) is 186 cm³/mol. The summed E-state index contributed by atoms with van der Waals surface area (Å²) >= 11 is 0. The Labute approximate surface area is 280 Å². The number of imidazole rings is 1. The van der Waals surface area contributed by atoms with Gasteiger partial charge in [0.15, 0.2) is 0 Å². The van der Waals surface area contributed by atoms with Crippen molar-refractivity contribution in [3.8, 4) is 11.8 Å². The second-order valence-electron chi connectivity index (χ2n) is 11.7. The van der Waals surface area contributed by atoms with Gasteiger partial charge in [0.2, 0.25) is 5.91 Å². The number of para-hydroxylation sites is 1. The maximum Gasteiger partial charge on any atom is 0.297 e. The Hall–Kier alpha value is -5.51. The summed E-state index contributed by atoms with van der Waals surface area (Å²) in [5.41, 5.74) is 7.71. The van der Waals surface area contributed by atoms with Crippen molar-refractivity contribution in [2.75, 3.05) is 26.1 Å². The lowest BCUT2D eigenvalue weighted by Crippen LogP contribution is -2.27. The van der Waals surface area contributed by atoms with Crippen LogP contribution in [0, 0.1) is 13.8 Å². The molecule has 248 valence electrons. The molecule has 0 unspecified atom stereocenters. The SMILES string of the molecule is CNC(=O)c1ccc(CCC(=O)CCC(=O)N(C)c2ccc(C)c(COc3cccc4c3nc(OC)n4Cc3ccccn3)c2C)cc1. The zero-order chi connectivity index (χ0) is 34.2. The van der Waals surface area contributed by atoms with Crippen LogP contribution in [0.3, 0.4) is 0 Å². The summed E-state index contributed by atoms with van der Waals surface area (Å²) in [6, 6.07) is 23.2. The van der Waals surface area contributed by atoms with Gasteiger partial charge in [-0.2, -0.15) is 4.98 Å². The fourth-order valence-electron chi connectivity index (χ4n) is 5.72. The van der Waals surface area contributed by atoms with Crippen molar-refractivity contribution >= 4 is 34.3 Å². The van der Waals surface area contributed by atoms with Crippen molar-refractivity contribution < 1.29 is 23.9 Å². The minimum absolute atomic E-state index is 0.0233. The van der Waals surface area contributed by atoms with Crippen LogP contribution in [0.2, 0.25) is 0 Å². The lowest BCUT2D eigenvalue weighted by molar-refractivity contribution is -0.123. The molecule has 48 heavy (non-hydrogen) atoms. The van der Waals surface area contributed by atoms with E-state index in [1.807, 2.05) is 79.1 Å². The van der Waals surface area contributed by atoms with E-state index < -0.39 is 0 Å². The van der Waals surface area contributed by atoms with E-state index in [0.29, 0.717) is 42.2 Å². The summed E-state index contributed by atoms with van der Waals surface area (Å²) in [7, 11) is 4.92. The number of benzene rings is 3. The number of aryl methyl sites for hydroxylation is 2. The van der Waals surface area contributed by atoms with Gasteiger partial charge in [0, 0.05) is 50.8 Å². The number of nitrogens with zero attached hydrogens (tertiary/aromatic N) is 4. The van der Waals surface area contributed by atoms with E-state index in [1.165, 1.54) is 0 Å². The molecule has 0 saturated carbocycles. The van der Waals surface area contributed by atoms with Crippen molar-refractivity contribution in [2.24, 2.45) is 0 Å². The standard InChI is InChI=1S/C38H41N5O5/c1-25-12-20-32(42(4)35(45)21-19-30(44)18-15-27-13-16-28(17-14-27)37(46)39-3)26(2)31(25)24-48-34-11-8-10-33-36(34)41-38(47-5)43(33)23-29-9-6-7-22-40-29/h6-14,16-17,20,22H,15,18-19,21,23-24H2,1-5H3,(H,39,46). The Bertz CT molecular complexity index is 1920. The topological polar surface area (TPSA) is 116 Å². The summed E-state index contributed by atoms with van der Waals surface area (Å²) in [5, 5.41) is 2.59. The number of carbonyl (C=O) groups is 3. The van der Waals surface area contributed by atoms with E-state index in [-0.39, 0.29) is 37.0 Å². The van der Waals surface area contributed by atoms with Crippen LogP contribution < -0.4 is 19.7 Å². The molecule has 2 amide bonds. The van der Waals surface area contributed by atoms with Crippen LogP contribution in [0.5, 0.6) is 11.8 Å². The molecule has 0 aliphatic heterocycles. The number of hydrogen-bond acceptors (Lipinski definition) is 7. The highest BCUT2D eigenvalue weighted by Crippen LogP contribution is 2.32. The highest BCUT2D eigenvalue weighted by Gasteiger charge is 2.20. The van der Waals surface area contributed by atoms with Gasteiger partial charge >= 0.3 is 0 Å². The van der Waals surface area contributed by atoms with Crippen molar-refractivity contribution in [3.05, 3.63) is 113 Å². The van der Waals surface area contributed by atoms with E-state index >= 15 is 0 Å². The van der Waals surface area contributed by atoms with Crippen LogP contribution in [0.1, 0.15) is 57.6 Å². The number of pyridine rings is 1. The Morgan fingerprint density at radius 2 is 1.71 bits per heavy atom. The number of methoxy groups -OCH3 is 1. The highest BCUT2D eigenvalue weighted by molar-refractivity contribution is 5.96. The Balaban J connectivity index is 1.22. The third-order valence-electron chi connectivity index (χ3n) is 8.60. The number of anilines is 1. The van der Waals surface area contributed by atoms with Crippen molar-refractivity contribution in [2.45, 2.75) is 52.7 Å². The third kappa shape index (κ3) is 7.71. The molecule has 5 aromatic rings. The number of ketones is 1. The largest absolute Gasteiger partial charge is 0.487 e. The maximum absolute atomic E-state index is 13.2. The van der Waals surface area contributed by atoms with Crippen LogP contribution in [-0.2, 0) is 29.2 Å². The van der Waals surface area contributed by atoms with E-state index in [4.69, 9.17) is 14.5 Å². The quantitative estimate of drug-likeness (QED) is 0.158. The molecular weight excluding hydrogens is 606 g/mol. The number of ether oxygens (including phenoxy) is 2. The van der Waals surface area contributed by atoms with Crippen LogP contribution >= 0.6 is 0 Å². The van der Waals surface area contributed by atoms with Crippen molar-refractivity contribution in [1.29, 1.82) is 0 Å². The highest BCUT2D eigenvalue weighted by atomic mass is 16.5. The molecule has 0 spiro atoms. The van der Waals surface area contributed by atoms with E-state index in [9.17, 15) is 14.4 Å². The Kier molecular flexibility index (Phi) is 10.8. The number of nitrogens with one attached hydrogen (secondary N) is 1. The van der Waals surface area contributed by atoms with Gasteiger partial charge in [-0.05, 0) is 85.0 Å². The van der Waals surface area contributed by atoms with E-state index in [0.717, 1.165) is 39.2 Å². The third-order valence-corrected chi connectivity index (χ3v) is 8.60. The van der Waals surface area contributed by atoms with Crippen molar-refractivity contribution in [1.82, 2.24) is 19.9 Å². The fourth-order valence-corrected chi connectivity index (χ4v) is 5.72. The number of carbonyl (C=O) groups excluding carboxylic acids is 3. The van der Waals surface area contributed by atoms with E-state index in [2.05, 4.69) is 10.3 Å². The smallest absolute Gasteiger partial charge is 0.297 e. The molecule has 0 fully saturated rings. The van der Waals surface area contributed by atoms with Crippen LogP contribution in [0.4, 0.5) is 5.69 Å². The minimum atomic E-state index is -0.150. The van der Waals surface area contributed by atoms with Crippen LogP contribution in [0.25, 0.3) is 11.0 Å². The fraction of sp³-hybridized carbons (Fsp3) is 0.289. The van der Waals surface area contributed by atoms with E-state index in [1.54, 1.807) is 44.4 Å². The molecule has 0 bridgehead atoms. The van der Waals surface area contributed by atoms with Gasteiger partial charge in [-0.15, -0.1) is 0 Å². The molecular formula is C38H41N5O5. The monoisotopic (exact) mass is 647 g/mol. The Morgan fingerprint density at radius 1 is 0.917 bits per heavy atom. The molecule has 1 N–H and O–H groups in total. The molecule has 5 rings (SSSR count). The zero-order valence-corrected chi connectivity index (χ0v) is 28.1. The van der Waals surface area contributed by atoms with Gasteiger partial charge in [-0.1, -0.05) is 30.3 Å². The molecule has 10 nitrogen and oxygen atoms in total. The van der Waals surface area contributed by atoms with Gasteiger partial charge in [0.25, 0.3) is 11.9 Å². The molecule has 10 heteroatoms. The lowest BCUT2D eigenvalue weighted by Gasteiger charge is -2.23. The lowest BCUT2D eigenvalue weighted by atomic mass is 10.0. The second-order valence-corrected chi connectivity index (χ2v) is 11.7. The Morgan fingerprint density at radius 3 is 2.42 bits per heavy atom. The van der Waals surface area contributed by atoms with Gasteiger partial charge < -0.3 is 19.7 Å². The maximum atomic E-state index is 13.2. The minimum Gasteiger partial charge on any atom is -0.487 e. The van der Waals surface area contributed by atoms with Gasteiger partial charge in [0.05, 0.1) is 24.9 Å². The molecule has 0 aliphatic rings. The number of aromatic nitrogens is 3. The number of amides is 2. The summed E-state index contributed by atoms with van der Waals surface area (Å²) in [6.45, 7) is 4.79. The normalized spacial score (nSPS) is 10.9. The van der Waals surface area contributed by atoms with Gasteiger partial charge in [-0.3, -0.25) is 23.9 Å². The first-order valence-electron chi connectivity index (χ1n) is 15.9. The number of Topliss-reactive ketones (excluding diaryl/α,β-unsaturated/α-hetero) is 1. The predicted octanol–water partition coefficient (Wildman–Crippen LogP) is 5.99. The molecule has 2 heterocycles. The number of fused-ring (bicyclic) bond motifs is 1.